The fraction of sp³-hybridized carbons (Fsp3) is 0.579. The van der Waals surface area contributed by atoms with Crippen molar-refractivity contribution in [2.45, 2.75) is 33.6 Å². The lowest BCUT2D eigenvalue weighted by Gasteiger charge is -2.18. The van der Waals surface area contributed by atoms with Crippen LogP contribution in [0.1, 0.15) is 39.2 Å². The molecule has 0 radical (unpaired) electrons. The van der Waals surface area contributed by atoms with E-state index in [0.29, 0.717) is 25.6 Å². The molecule has 25 heavy (non-hydrogen) atoms. The maximum Gasteiger partial charge on any atom is 0.225 e. The molecule has 1 rings (SSSR count). The Kier molecular flexibility index (Phi) is 8.99. The summed E-state index contributed by atoms with van der Waals surface area (Å²) < 4.78 is 0. The van der Waals surface area contributed by atoms with Gasteiger partial charge in [-0.15, -0.1) is 0 Å². The van der Waals surface area contributed by atoms with Gasteiger partial charge in [0.15, 0.2) is 5.96 Å². The van der Waals surface area contributed by atoms with E-state index < -0.39 is 0 Å². The van der Waals surface area contributed by atoms with Crippen LogP contribution in [0.3, 0.4) is 0 Å². The van der Waals surface area contributed by atoms with Crippen LogP contribution in [-0.4, -0.2) is 49.8 Å². The van der Waals surface area contributed by atoms with Crippen LogP contribution in [0, 0.1) is 5.41 Å². The number of nitrogens with one attached hydrogen (secondary N) is 3. The largest absolute Gasteiger partial charge is 0.396 e. The number of hydrogen-bond acceptors (Lipinski definition) is 3. The van der Waals surface area contributed by atoms with E-state index in [-0.39, 0.29) is 23.8 Å². The highest BCUT2D eigenvalue weighted by Gasteiger charge is 2.20. The molecule has 4 N–H and O–H groups in total. The van der Waals surface area contributed by atoms with Gasteiger partial charge in [0.2, 0.25) is 5.91 Å². The van der Waals surface area contributed by atoms with E-state index in [4.69, 9.17) is 0 Å². The first-order chi connectivity index (χ1) is 11.9. The molecular weight excluding hydrogens is 316 g/mol. The van der Waals surface area contributed by atoms with Gasteiger partial charge in [-0.2, -0.15) is 0 Å². The molecule has 0 bridgehead atoms. The number of carbonyl (C=O) groups is 1. The normalized spacial score (nSPS) is 13.2. The first kappa shape index (κ1) is 21.0. The number of guanidine groups is 1. The van der Waals surface area contributed by atoms with Crippen molar-refractivity contribution in [1.29, 1.82) is 0 Å². The summed E-state index contributed by atoms with van der Waals surface area (Å²) >= 11 is 0. The lowest BCUT2D eigenvalue weighted by Crippen LogP contribution is -2.43. The zero-order chi connectivity index (χ0) is 18.7. The SMILES string of the molecule is CCNC(=NCC(CO)c1ccccc1)NCCNC(=O)C(C)(C)C. The number of amides is 1. The Morgan fingerprint density at radius 3 is 2.32 bits per heavy atom. The van der Waals surface area contributed by atoms with Gasteiger partial charge < -0.3 is 21.1 Å². The quantitative estimate of drug-likeness (QED) is 0.326. The lowest BCUT2D eigenvalue weighted by molar-refractivity contribution is -0.128. The van der Waals surface area contributed by atoms with Gasteiger partial charge >= 0.3 is 0 Å². The molecule has 0 spiro atoms. The molecule has 1 aromatic carbocycles. The lowest BCUT2D eigenvalue weighted by atomic mass is 9.96. The molecule has 0 aliphatic carbocycles. The minimum atomic E-state index is -0.386. The summed E-state index contributed by atoms with van der Waals surface area (Å²) in [4.78, 5) is 16.4. The number of aliphatic imine (C=N–C) groups is 1. The first-order valence-corrected chi connectivity index (χ1v) is 8.84. The van der Waals surface area contributed by atoms with Crippen LogP contribution in [0.4, 0.5) is 0 Å². The Morgan fingerprint density at radius 1 is 1.12 bits per heavy atom. The van der Waals surface area contributed by atoms with E-state index >= 15 is 0 Å². The van der Waals surface area contributed by atoms with E-state index in [2.05, 4.69) is 20.9 Å². The van der Waals surface area contributed by atoms with Gasteiger partial charge in [-0.3, -0.25) is 9.79 Å². The first-order valence-electron chi connectivity index (χ1n) is 8.84. The van der Waals surface area contributed by atoms with E-state index in [1.54, 1.807) is 0 Å². The molecule has 0 saturated carbocycles. The summed E-state index contributed by atoms with van der Waals surface area (Å²) in [5.41, 5.74) is 0.685. The van der Waals surface area contributed by atoms with Crippen LogP contribution in [0.2, 0.25) is 0 Å². The molecule has 0 fully saturated rings. The van der Waals surface area contributed by atoms with Gasteiger partial charge in [0.1, 0.15) is 0 Å². The second kappa shape index (κ2) is 10.7. The van der Waals surface area contributed by atoms with Crippen LogP contribution < -0.4 is 16.0 Å². The highest BCUT2D eigenvalue weighted by atomic mass is 16.3. The fourth-order valence-corrected chi connectivity index (χ4v) is 2.16. The fourth-order valence-electron chi connectivity index (χ4n) is 2.16. The van der Waals surface area contributed by atoms with Crippen LogP contribution in [0.15, 0.2) is 35.3 Å². The van der Waals surface area contributed by atoms with Gasteiger partial charge in [-0.1, -0.05) is 51.1 Å². The molecular formula is C19H32N4O2. The number of rotatable bonds is 8. The molecule has 0 aliphatic rings. The number of aliphatic hydroxyl groups excluding tert-OH is 1. The Balaban J connectivity index is 2.52. The van der Waals surface area contributed by atoms with Crippen LogP contribution in [0.25, 0.3) is 0 Å². The zero-order valence-corrected chi connectivity index (χ0v) is 15.8. The van der Waals surface area contributed by atoms with Gasteiger partial charge in [0.25, 0.3) is 0 Å². The number of aliphatic hydroxyl groups is 1. The highest BCUT2D eigenvalue weighted by molar-refractivity contribution is 5.81. The second-order valence-electron chi connectivity index (χ2n) is 6.94. The number of hydrogen-bond donors (Lipinski definition) is 4. The van der Waals surface area contributed by atoms with Crippen molar-refractivity contribution in [3.05, 3.63) is 35.9 Å². The third-order valence-electron chi connectivity index (χ3n) is 3.69. The average molecular weight is 348 g/mol. The Morgan fingerprint density at radius 2 is 1.76 bits per heavy atom. The van der Waals surface area contributed by atoms with Gasteiger partial charge in [0.05, 0.1) is 13.2 Å². The van der Waals surface area contributed by atoms with Crippen molar-refractivity contribution in [3.8, 4) is 0 Å². The topological polar surface area (TPSA) is 85.8 Å². The van der Waals surface area contributed by atoms with Gasteiger partial charge in [-0.25, -0.2) is 0 Å². The molecule has 1 atom stereocenters. The van der Waals surface area contributed by atoms with E-state index in [1.165, 1.54) is 0 Å². The number of nitrogens with zero attached hydrogens (tertiary/aromatic N) is 1. The predicted octanol–water partition coefficient (Wildman–Crippen LogP) is 1.48. The summed E-state index contributed by atoms with van der Waals surface area (Å²) in [7, 11) is 0. The van der Waals surface area contributed by atoms with E-state index in [9.17, 15) is 9.90 Å². The maximum absolute atomic E-state index is 11.8. The van der Waals surface area contributed by atoms with Crippen molar-refractivity contribution in [2.24, 2.45) is 10.4 Å². The molecule has 6 heteroatoms. The Bertz CT molecular complexity index is 538. The maximum atomic E-state index is 11.8. The summed E-state index contributed by atoms with van der Waals surface area (Å²) in [6.07, 6.45) is 0. The number of benzene rings is 1. The molecule has 0 heterocycles. The summed E-state index contributed by atoms with van der Waals surface area (Å²) in [5, 5.41) is 18.9. The smallest absolute Gasteiger partial charge is 0.225 e. The van der Waals surface area contributed by atoms with Gasteiger partial charge in [-0.05, 0) is 12.5 Å². The second-order valence-corrected chi connectivity index (χ2v) is 6.94. The van der Waals surface area contributed by atoms with Crippen molar-refractivity contribution < 1.29 is 9.90 Å². The third-order valence-corrected chi connectivity index (χ3v) is 3.69. The highest BCUT2D eigenvalue weighted by Crippen LogP contribution is 2.15. The predicted molar refractivity (Wildman–Crippen MR) is 103 cm³/mol. The van der Waals surface area contributed by atoms with E-state index in [0.717, 1.165) is 12.1 Å². The zero-order valence-electron chi connectivity index (χ0n) is 15.8. The van der Waals surface area contributed by atoms with Crippen molar-refractivity contribution in [3.63, 3.8) is 0 Å². The molecule has 1 aromatic rings. The molecule has 6 nitrogen and oxygen atoms in total. The minimum Gasteiger partial charge on any atom is -0.396 e. The monoisotopic (exact) mass is 348 g/mol. The Hall–Kier alpha value is -2.08. The molecule has 0 saturated heterocycles. The molecule has 1 unspecified atom stereocenters. The van der Waals surface area contributed by atoms with Crippen molar-refractivity contribution in [1.82, 2.24) is 16.0 Å². The van der Waals surface area contributed by atoms with Crippen molar-refractivity contribution in [2.75, 3.05) is 32.8 Å². The molecule has 1 amide bonds. The summed E-state index contributed by atoms with van der Waals surface area (Å²) in [6.45, 7) is 10.1. The number of carbonyl (C=O) groups excluding carboxylic acids is 1. The standard InChI is InChI=1S/C19H32N4O2/c1-5-20-18(22-12-11-21-17(25)19(2,3)4)23-13-16(14-24)15-9-7-6-8-10-15/h6-10,16,24H,5,11-14H2,1-4H3,(H,21,25)(H2,20,22,23). The average Bonchev–Trinajstić information content (AvgIpc) is 2.58. The van der Waals surface area contributed by atoms with Gasteiger partial charge in [0, 0.05) is 31.0 Å². The van der Waals surface area contributed by atoms with Crippen LogP contribution in [-0.2, 0) is 4.79 Å². The van der Waals surface area contributed by atoms with Crippen molar-refractivity contribution >= 4 is 11.9 Å². The molecule has 0 aliphatic heterocycles. The Labute approximate surface area is 151 Å². The molecule has 0 aromatic heterocycles. The summed E-state index contributed by atoms with van der Waals surface area (Å²) in [5.74, 6) is 0.680. The summed E-state index contributed by atoms with van der Waals surface area (Å²) in [6, 6.07) is 9.88. The van der Waals surface area contributed by atoms with E-state index in [1.807, 2.05) is 58.0 Å². The minimum absolute atomic E-state index is 0.0284. The third kappa shape index (κ3) is 8.03. The van der Waals surface area contributed by atoms with Crippen LogP contribution in [0.5, 0.6) is 0 Å². The van der Waals surface area contributed by atoms with Crippen LogP contribution >= 0.6 is 0 Å². The molecule has 140 valence electrons.